The van der Waals surface area contributed by atoms with Gasteiger partial charge < -0.3 is 9.88 Å². The maximum absolute atomic E-state index is 4.56. The van der Waals surface area contributed by atoms with E-state index in [1.165, 1.54) is 44.3 Å². The van der Waals surface area contributed by atoms with Crippen molar-refractivity contribution in [2.24, 2.45) is 5.92 Å². The first-order chi connectivity index (χ1) is 9.35. The summed E-state index contributed by atoms with van der Waals surface area (Å²) >= 11 is 0. The molecule has 1 N–H and O–H groups in total. The van der Waals surface area contributed by atoms with Crippen LogP contribution in [0.15, 0.2) is 12.4 Å². The first kappa shape index (κ1) is 14.6. The Balaban J connectivity index is 2.00. The van der Waals surface area contributed by atoms with Crippen LogP contribution in [0, 0.1) is 5.92 Å². The van der Waals surface area contributed by atoms with E-state index in [0.29, 0.717) is 6.04 Å². The second-order valence-corrected chi connectivity index (χ2v) is 5.79. The number of imidazole rings is 1. The molecule has 1 heterocycles. The van der Waals surface area contributed by atoms with Crippen molar-refractivity contribution >= 4 is 0 Å². The second-order valence-electron chi connectivity index (χ2n) is 5.79. The lowest BCUT2D eigenvalue weighted by Gasteiger charge is -2.26. The molecule has 3 heteroatoms. The maximum atomic E-state index is 4.56. The second kappa shape index (κ2) is 7.68. The minimum absolute atomic E-state index is 0.699. The van der Waals surface area contributed by atoms with E-state index in [0.717, 1.165) is 25.4 Å². The van der Waals surface area contributed by atoms with E-state index in [-0.39, 0.29) is 0 Å². The molecule has 19 heavy (non-hydrogen) atoms. The molecule has 1 fully saturated rings. The lowest BCUT2D eigenvalue weighted by atomic mass is 9.91. The molecule has 2 rings (SSSR count). The van der Waals surface area contributed by atoms with Crippen LogP contribution in [0.4, 0.5) is 0 Å². The van der Waals surface area contributed by atoms with E-state index >= 15 is 0 Å². The summed E-state index contributed by atoms with van der Waals surface area (Å²) in [5.41, 5.74) is 0. The Bertz CT molecular complexity index is 359. The molecule has 1 aromatic heterocycles. The van der Waals surface area contributed by atoms with Gasteiger partial charge in [0.1, 0.15) is 5.82 Å². The van der Waals surface area contributed by atoms with Crippen LogP contribution in [0.5, 0.6) is 0 Å². The quantitative estimate of drug-likeness (QED) is 0.797. The minimum Gasteiger partial charge on any atom is -0.335 e. The van der Waals surface area contributed by atoms with E-state index in [9.17, 15) is 0 Å². The maximum Gasteiger partial charge on any atom is 0.108 e. The van der Waals surface area contributed by atoms with Crippen LogP contribution >= 0.6 is 0 Å². The van der Waals surface area contributed by atoms with Crippen molar-refractivity contribution in [3.63, 3.8) is 0 Å². The molecule has 2 unspecified atom stereocenters. The molecule has 1 aliphatic carbocycles. The van der Waals surface area contributed by atoms with Crippen LogP contribution in [-0.2, 0) is 13.0 Å². The Hall–Kier alpha value is -0.830. The average Bonchev–Trinajstić information content (AvgIpc) is 2.76. The third kappa shape index (κ3) is 4.07. The number of aromatic nitrogens is 2. The zero-order valence-electron chi connectivity index (χ0n) is 12.6. The molecule has 2 atom stereocenters. The number of hydrogen-bond donors (Lipinski definition) is 1. The number of rotatable bonds is 6. The van der Waals surface area contributed by atoms with Crippen LogP contribution in [0.1, 0.15) is 58.2 Å². The zero-order valence-corrected chi connectivity index (χ0v) is 12.6. The van der Waals surface area contributed by atoms with Crippen molar-refractivity contribution < 1.29 is 0 Å². The molecule has 108 valence electrons. The van der Waals surface area contributed by atoms with E-state index in [1.54, 1.807) is 0 Å². The highest BCUT2D eigenvalue weighted by molar-refractivity contribution is 4.96. The highest BCUT2D eigenvalue weighted by Crippen LogP contribution is 2.26. The van der Waals surface area contributed by atoms with Crippen LogP contribution in [-0.4, -0.2) is 22.1 Å². The Morgan fingerprint density at radius 3 is 2.89 bits per heavy atom. The summed E-state index contributed by atoms with van der Waals surface area (Å²) in [6, 6.07) is 0.699. The zero-order chi connectivity index (χ0) is 13.5. The normalized spacial score (nSPS) is 24.3. The highest BCUT2D eigenvalue weighted by Gasteiger charge is 2.24. The minimum atomic E-state index is 0.699. The molecule has 0 aromatic carbocycles. The standard InChI is InChI=1S/C16H29N3/c1-3-10-17-15-9-7-5-6-8-14(15)13-16-18-11-12-19(16)4-2/h11-12,14-15,17H,3-10,13H2,1-2H3. The van der Waals surface area contributed by atoms with Crippen molar-refractivity contribution in [1.82, 2.24) is 14.9 Å². The van der Waals surface area contributed by atoms with Gasteiger partial charge in [-0.1, -0.05) is 26.2 Å². The molecule has 1 aromatic rings. The van der Waals surface area contributed by atoms with Crippen molar-refractivity contribution in [1.29, 1.82) is 0 Å². The fraction of sp³-hybridized carbons (Fsp3) is 0.812. The Morgan fingerprint density at radius 2 is 2.11 bits per heavy atom. The lowest BCUT2D eigenvalue weighted by molar-refractivity contribution is 0.325. The summed E-state index contributed by atoms with van der Waals surface area (Å²) in [6.45, 7) is 6.64. The van der Waals surface area contributed by atoms with Crippen LogP contribution in [0.3, 0.4) is 0 Å². The number of aryl methyl sites for hydroxylation is 1. The SMILES string of the molecule is CCCNC1CCCCCC1Cc1nccn1CC. The molecule has 1 saturated carbocycles. The molecule has 1 aliphatic rings. The summed E-state index contributed by atoms with van der Waals surface area (Å²) in [4.78, 5) is 4.56. The van der Waals surface area contributed by atoms with Gasteiger partial charge in [0.25, 0.3) is 0 Å². The molecule has 0 amide bonds. The fourth-order valence-electron chi connectivity index (χ4n) is 3.28. The third-order valence-corrected chi connectivity index (χ3v) is 4.40. The van der Waals surface area contributed by atoms with Crippen LogP contribution in [0.2, 0.25) is 0 Å². The third-order valence-electron chi connectivity index (χ3n) is 4.40. The monoisotopic (exact) mass is 263 g/mol. The predicted molar refractivity (Wildman–Crippen MR) is 80.3 cm³/mol. The summed E-state index contributed by atoms with van der Waals surface area (Å²) in [5, 5.41) is 3.77. The van der Waals surface area contributed by atoms with Crippen LogP contribution in [0.25, 0.3) is 0 Å². The summed E-state index contributed by atoms with van der Waals surface area (Å²) in [5.74, 6) is 2.04. The van der Waals surface area contributed by atoms with Gasteiger partial charge in [-0.15, -0.1) is 0 Å². The van der Waals surface area contributed by atoms with E-state index in [1.807, 2.05) is 6.20 Å². The summed E-state index contributed by atoms with van der Waals surface area (Å²) in [7, 11) is 0. The molecule has 0 bridgehead atoms. The van der Waals surface area contributed by atoms with Gasteiger partial charge in [-0.05, 0) is 38.6 Å². The van der Waals surface area contributed by atoms with Crippen molar-refractivity contribution in [2.45, 2.75) is 71.4 Å². The summed E-state index contributed by atoms with van der Waals surface area (Å²) < 4.78 is 2.29. The molecule has 0 radical (unpaired) electrons. The topological polar surface area (TPSA) is 29.9 Å². The molecular formula is C16H29N3. The smallest absolute Gasteiger partial charge is 0.108 e. The van der Waals surface area contributed by atoms with Crippen molar-refractivity contribution in [3.8, 4) is 0 Å². The van der Waals surface area contributed by atoms with Gasteiger partial charge in [-0.3, -0.25) is 0 Å². The van der Waals surface area contributed by atoms with Crippen molar-refractivity contribution in [3.05, 3.63) is 18.2 Å². The number of hydrogen-bond acceptors (Lipinski definition) is 2. The highest BCUT2D eigenvalue weighted by atomic mass is 15.1. The Labute approximate surface area is 117 Å². The van der Waals surface area contributed by atoms with Gasteiger partial charge in [-0.2, -0.15) is 0 Å². The van der Waals surface area contributed by atoms with Gasteiger partial charge in [-0.25, -0.2) is 4.98 Å². The predicted octanol–water partition coefficient (Wildman–Crippen LogP) is 3.39. The van der Waals surface area contributed by atoms with Gasteiger partial charge in [0, 0.05) is 31.4 Å². The first-order valence-electron chi connectivity index (χ1n) is 8.08. The van der Waals surface area contributed by atoms with E-state index < -0.39 is 0 Å². The number of nitrogens with one attached hydrogen (secondary N) is 1. The van der Waals surface area contributed by atoms with Crippen molar-refractivity contribution in [2.75, 3.05) is 6.54 Å². The number of nitrogens with zero attached hydrogens (tertiary/aromatic N) is 2. The van der Waals surface area contributed by atoms with Gasteiger partial charge >= 0.3 is 0 Å². The molecule has 0 aliphatic heterocycles. The van der Waals surface area contributed by atoms with Crippen LogP contribution < -0.4 is 5.32 Å². The average molecular weight is 263 g/mol. The molecular weight excluding hydrogens is 234 g/mol. The fourth-order valence-corrected chi connectivity index (χ4v) is 3.28. The van der Waals surface area contributed by atoms with Gasteiger partial charge in [0.2, 0.25) is 0 Å². The van der Waals surface area contributed by atoms with Gasteiger partial charge in [0.05, 0.1) is 0 Å². The summed E-state index contributed by atoms with van der Waals surface area (Å²) in [6.07, 6.45) is 13.3. The van der Waals surface area contributed by atoms with E-state index in [2.05, 4.69) is 34.9 Å². The Kier molecular flexibility index (Phi) is 5.90. The molecule has 0 spiro atoms. The van der Waals surface area contributed by atoms with Gasteiger partial charge in [0.15, 0.2) is 0 Å². The first-order valence-corrected chi connectivity index (χ1v) is 8.08. The largest absolute Gasteiger partial charge is 0.335 e. The van der Waals surface area contributed by atoms with E-state index in [4.69, 9.17) is 0 Å². The molecule has 0 saturated heterocycles. The lowest BCUT2D eigenvalue weighted by Crippen LogP contribution is -2.37. The molecule has 3 nitrogen and oxygen atoms in total. The Morgan fingerprint density at radius 1 is 1.26 bits per heavy atom.